The molecule has 3 heterocycles. The standard InChI is InChI=1S/C26H28FN3O4/c1-15-7-21-17(13-34-26(21)32)8-20(15)24(31)11-29-5-6-30-12-25(33-14-18(30)10-29)19-3-4-23(27)22(9-28)16(19)2/h3-4,7-8,18,24-25,31H,5-6,10-14H2,1-2H3/t18-,24?,25-/m0/s1. The molecule has 0 amide bonds. The van der Waals surface area contributed by atoms with Crippen molar-refractivity contribution in [2.45, 2.75) is 38.7 Å². The van der Waals surface area contributed by atoms with Crippen LogP contribution < -0.4 is 0 Å². The van der Waals surface area contributed by atoms with Crippen LogP contribution in [0, 0.1) is 31.0 Å². The van der Waals surface area contributed by atoms with Gasteiger partial charge in [0.25, 0.3) is 0 Å². The highest BCUT2D eigenvalue weighted by Crippen LogP contribution is 2.32. The van der Waals surface area contributed by atoms with Crippen LogP contribution in [-0.4, -0.2) is 66.2 Å². The number of morpholine rings is 1. The summed E-state index contributed by atoms with van der Waals surface area (Å²) < 4.78 is 25.2. The number of ether oxygens (including phenoxy) is 2. The summed E-state index contributed by atoms with van der Waals surface area (Å²) in [7, 11) is 0. The molecule has 0 radical (unpaired) electrons. The van der Waals surface area contributed by atoms with Crippen molar-refractivity contribution in [3.8, 4) is 6.07 Å². The second-order valence-corrected chi connectivity index (χ2v) is 9.44. The number of carbonyl (C=O) groups excluding carboxylic acids is 1. The van der Waals surface area contributed by atoms with E-state index in [1.54, 1.807) is 13.0 Å². The number of cyclic esters (lactones) is 1. The molecule has 1 unspecified atom stereocenters. The Hall–Kier alpha value is -2.83. The third-order valence-electron chi connectivity index (χ3n) is 7.35. The van der Waals surface area contributed by atoms with Gasteiger partial charge in [0.15, 0.2) is 0 Å². The maximum absolute atomic E-state index is 13.9. The maximum atomic E-state index is 13.9. The molecule has 3 aliphatic heterocycles. The van der Waals surface area contributed by atoms with E-state index in [1.807, 2.05) is 25.1 Å². The summed E-state index contributed by atoms with van der Waals surface area (Å²) >= 11 is 0. The van der Waals surface area contributed by atoms with E-state index in [4.69, 9.17) is 9.47 Å². The van der Waals surface area contributed by atoms with Crippen molar-refractivity contribution in [1.82, 2.24) is 9.80 Å². The van der Waals surface area contributed by atoms with Gasteiger partial charge in [-0.25, -0.2) is 9.18 Å². The molecule has 0 bridgehead atoms. The number of aliphatic hydroxyl groups is 1. The summed E-state index contributed by atoms with van der Waals surface area (Å²) in [5, 5.41) is 20.2. The van der Waals surface area contributed by atoms with Crippen LogP contribution in [0.4, 0.5) is 4.39 Å². The smallest absolute Gasteiger partial charge is 0.338 e. The Morgan fingerprint density at radius 1 is 1.26 bits per heavy atom. The number of benzene rings is 2. The van der Waals surface area contributed by atoms with Gasteiger partial charge in [-0.3, -0.25) is 9.80 Å². The fourth-order valence-electron chi connectivity index (χ4n) is 5.39. The van der Waals surface area contributed by atoms with E-state index in [-0.39, 0.29) is 30.3 Å². The monoisotopic (exact) mass is 465 g/mol. The second kappa shape index (κ2) is 9.08. The highest BCUT2D eigenvalue weighted by molar-refractivity contribution is 5.93. The number of piperazine rings is 1. The van der Waals surface area contributed by atoms with Gasteiger partial charge in [-0.05, 0) is 54.3 Å². The number of nitriles is 1. The average Bonchev–Trinajstić information content (AvgIpc) is 3.18. The number of aryl methyl sites for hydroxylation is 1. The zero-order valence-corrected chi connectivity index (χ0v) is 19.4. The Labute approximate surface area is 198 Å². The minimum Gasteiger partial charge on any atom is -0.457 e. The fraction of sp³-hybridized carbons (Fsp3) is 0.462. The molecular formula is C26H28FN3O4. The minimum atomic E-state index is -0.656. The third-order valence-corrected chi connectivity index (χ3v) is 7.35. The predicted octanol–water partition coefficient (Wildman–Crippen LogP) is 2.78. The van der Waals surface area contributed by atoms with Crippen molar-refractivity contribution in [3.63, 3.8) is 0 Å². The van der Waals surface area contributed by atoms with E-state index >= 15 is 0 Å². The van der Waals surface area contributed by atoms with Gasteiger partial charge in [-0.15, -0.1) is 0 Å². The molecule has 5 rings (SSSR count). The van der Waals surface area contributed by atoms with Crippen LogP contribution in [0.25, 0.3) is 0 Å². The lowest BCUT2D eigenvalue weighted by molar-refractivity contribution is -0.0939. The molecule has 178 valence electrons. The Bertz CT molecular complexity index is 1180. The first kappa shape index (κ1) is 22.9. The Morgan fingerprint density at radius 3 is 2.88 bits per heavy atom. The molecular weight excluding hydrogens is 437 g/mol. The molecule has 2 saturated heterocycles. The molecule has 34 heavy (non-hydrogen) atoms. The molecule has 0 aliphatic carbocycles. The van der Waals surface area contributed by atoms with Gasteiger partial charge in [-0.2, -0.15) is 5.26 Å². The molecule has 2 aromatic carbocycles. The van der Waals surface area contributed by atoms with E-state index in [1.165, 1.54) is 6.07 Å². The minimum absolute atomic E-state index is 0.0832. The quantitative estimate of drug-likeness (QED) is 0.695. The summed E-state index contributed by atoms with van der Waals surface area (Å²) in [6.07, 6.45) is -0.851. The molecule has 3 atom stereocenters. The highest BCUT2D eigenvalue weighted by atomic mass is 19.1. The zero-order chi connectivity index (χ0) is 24.0. The molecule has 3 aliphatic rings. The van der Waals surface area contributed by atoms with Crippen LogP contribution in [0.5, 0.6) is 0 Å². The number of β-amino-alcohol motifs (C(OH)–C–C–N with tert-alkyl or cyclic N) is 1. The Balaban J connectivity index is 1.22. The number of hydrogen-bond acceptors (Lipinski definition) is 7. The van der Waals surface area contributed by atoms with Crippen LogP contribution >= 0.6 is 0 Å². The maximum Gasteiger partial charge on any atom is 0.338 e. The largest absolute Gasteiger partial charge is 0.457 e. The Kier molecular flexibility index (Phi) is 6.13. The molecule has 8 heteroatoms. The first-order chi connectivity index (χ1) is 16.4. The second-order valence-electron chi connectivity index (χ2n) is 9.44. The SMILES string of the molecule is Cc1cc2c(cc1C(O)CN1CCN3C[C@@H](c4ccc(F)c(C#N)c4C)OC[C@@H]3C1)COC2=O. The first-order valence-corrected chi connectivity index (χ1v) is 11.6. The van der Waals surface area contributed by atoms with Crippen molar-refractivity contribution in [1.29, 1.82) is 5.26 Å². The van der Waals surface area contributed by atoms with Crippen molar-refractivity contribution >= 4 is 5.97 Å². The lowest BCUT2D eigenvalue weighted by Crippen LogP contribution is -2.58. The van der Waals surface area contributed by atoms with E-state index in [0.29, 0.717) is 30.8 Å². The number of esters is 1. The van der Waals surface area contributed by atoms with E-state index in [2.05, 4.69) is 9.80 Å². The number of rotatable bonds is 4. The summed E-state index contributed by atoms with van der Waals surface area (Å²) in [6.45, 7) is 8.11. The summed E-state index contributed by atoms with van der Waals surface area (Å²) in [6, 6.07) is 8.94. The van der Waals surface area contributed by atoms with Crippen molar-refractivity contribution in [2.24, 2.45) is 0 Å². The molecule has 0 aromatic heterocycles. The first-order valence-electron chi connectivity index (χ1n) is 11.6. The van der Waals surface area contributed by atoms with Gasteiger partial charge >= 0.3 is 5.97 Å². The number of halogens is 1. The van der Waals surface area contributed by atoms with Crippen molar-refractivity contribution in [2.75, 3.05) is 39.3 Å². The van der Waals surface area contributed by atoms with Gasteiger partial charge in [-0.1, -0.05) is 6.07 Å². The van der Waals surface area contributed by atoms with E-state index in [0.717, 1.165) is 41.9 Å². The van der Waals surface area contributed by atoms with E-state index < -0.39 is 11.9 Å². The van der Waals surface area contributed by atoms with Crippen LogP contribution in [-0.2, 0) is 16.1 Å². The number of nitrogens with zero attached hydrogens (tertiary/aromatic N) is 3. The van der Waals surface area contributed by atoms with Gasteiger partial charge in [0, 0.05) is 44.3 Å². The van der Waals surface area contributed by atoms with Crippen LogP contribution in [0.3, 0.4) is 0 Å². The van der Waals surface area contributed by atoms with Gasteiger partial charge in [0.1, 0.15) is 18.5 Å². The summed E-state index contributed by atoms with van der Waals surface area (Å²) in [4.78, 5) is 16.4. The van der Waals surface area contributed by atoms with Gasteiger partial charge in [0.2, 0.25) is 0 Å². The molecule has 7 nitrogen and oxygen atoms in total. The number of hydrogen-bond donors (Lipinski definition) is 1. The molecule has 1 N–H and O–H groups in total. The van der Waals surface area contributed by atoms with Crippen molar-refractivity contribution < 1.29 is 23.8 Å². The van der Waals surface area contributed by atoms with Gasteiger partial charge in [0.05, 0.1) is 29.9 Å². The lowest BCUT2D eigenvalue weighted by atomic mass is 9.95. The number of fused-ring (bicyclic) bond motifs is 2. The van der Waals surface area contributed by atoms with Crippen LogP contribution in [0.15, 0.2) is 24.3 Å². The summed E-state index contributed by atoms with van der Waals surface area (Å²) in [5.41, 5.74) is 4.73. The lowest BCUT2D eigenvalue weighted by Gasteiger charge is -2.46. The van der Waals surface area contributed by atoms with Crippen LogP contribution in [0.2, 0.25) is 0 Å². The third kappa shape index (κ3) is 4.10. The average molecular weight is 466 g/mol. The topological polar surface area (TPSA) is 86.0 Å². The number of carbonyl (C=O) groups is 1. The Morgan fingerprint density at radius 2 is 2.09 bits per heavy atom. The predicted molar refractivity (Wildman–Crippen MR) is 122 cm³/mol. The fourth-order valence-corrected chi connectivity index (χ4v) is 5.39. The van der Waals surface area contributed by atoms with Crippen LogP contribution in [0.1, 0.15) is 55.9 Å². The molecule has 0 spiro atoms. The van der Waals surface area contributed by atoms with E-state index in [9.17, 15) is 19.6 Å². The van der Waals surface area contributed by atoms with Crippen molar-refractivity contribution in [3.05, 3.63) is 69.0 Å². The molecule has 0 saturated carbocycles. The highest BCUT2D eigenvalue weighted by Gasteiger charge is 2.35. The number of aliphatic hydroxyl groups excluding tert-OH is 1. The molecule has 2 aromatic rings. The summed E-state index contributed by atoms with van der Waals surface area (Å²) in [5.74, 6) is -0.798. The normalized spacial score (nSPS) is 23.7. The molecule has 2 fully saturated rings. The van der Waals surface area contributed by atoms with Gasteiger partial charge < -0.3 is 14.6 Å². The zero-order valence-electron chi connectivity index (χ0n) is 19.4.